The Morgan fingerprint density at radius 1 is 1.26 bits per heavy atom. The van der Waals surface area contributed by atoms with Gasteiger partial charge in [-0.2, -0.15) is 0 Å². The van der Waals surface area contributed by atoms with Crippen molar-refractivity contribution in [3.05, 3.63) is 35.4 Å². The lowest BCUT2D eigenvalue weighted by Crippen LogP contribution is -2.58. The van der Waals surface area contributed by atoms with Gasteiger partial charge < -0.3 is 15.0 Å². The quantitative estimate of drug-likeness (QED) is 0.883. The lowest BCUT2D eigenvalue weighted by atomic mass is 9.69. The summed E-state index contributed by atoms with van der Waals surface area (Å²) in [5, 5.41) is 2.85. The molecule has 0 aromatic heterocycles. The van der Waals surface area contributed by atoms with E-state index >= 15 is 0 Å². The van der Waals surface area contributed by atoms with E-state index in [-0.39, 0.29) is 22.8 Å². The molecule has 4 rings (SSSR count). The largest absolute Gasteiger partial charge is 0.453 e. The molecular formula is C22H30N2O3. The van der Waals surface area contributed by atoms with Gasteiger partial charge in [-0.05, 0) is 49.1 Å². The molecule has 1 N–H and O–H groups in total. The average Bonchev–Trinajstić information content (AvgIpc) is 3.20. The molecule has 1 saturated heterocycles. The van der Waals surface area contributed by atoms with Crippen LogP contribution in [0, 0.1) is 11.8 Å². The van der Waals surface area contributed by atoms with Crippen molar-refractivity contribution in [3.63, 3.8) is 0 Å². The number of hydrogen-bond acceptors (Lipinski definition) is 3. The Morgan fingerprint density at radius 2 is 2.00 bits per heavy atom. The van der Waals surface area contributed by atoms with Crippen LogP contribution in [0.25, 0.3) is 0 Å². The van der Waals surface area contributed by atoms with Gasteiger partial charge in [-0.15, -0.1) is 0 Å². The number of rotatable bonds is 4. The molecule has 0 radical (unpaired) electrons. The Labute approximate surface area is 161 Å². The fourth-order valence-electron chi connectivity index (χ4n) is 5.17. The van der Waals surface area contributed by atoms with E-state index in [0.29, 0.717) is 24.7 Å². The third kappa shape index (κ3) is 3.11. The van der Waals surface area contributed by atoms with Gasteiger partial charge in [0.15, 0.2) is 0 Å². The summed E-state index contributed by atoms with van der Waals surface area (Å²) in [5.41, 5.74) is 2.64. The van der Waals surface area contributed by atoms with Gasteiger partial charge in [0.05, 0.1) is 7.11 Å². The van der Waals surface area contributed by atoms with E-state index in [1.807, 2.05) is 6.92 Å². The van der Waals surface area contributed by atoms with Gasteiger partial charge in [0, 0.05) is 30.0 Å². The highest BCUT2D eigenvalue weighted by atomic mass is 16.5. The van der Waals surface area contributed by atoms with Gasteiger partial charge in [-0.25, -0.2) is 4.79 Å². The Morgan fingerprint density at radius 3 is 2.67 bits per heavy atom. The second-order valence-electron chi connectivity index (χ2n) is 9.34. The molecule has 2 saturated carbocycles. The van der Waals surface area contributed by atoms with E-state index < -0.39 is 6.09 Å². The van der Waals surface area contributed by atoms with E-state index in [4.69, 9.17) is 0 Å². The van der Waals surface area contributed by atoms with E-state index in [9.17, 15) is 9.59 Å². The molecule has 2 atom stereocenters. The first-order valence-corrected chi connectivity index (χ1v) is 10.0. The average molecular weight is 370 g/mol. The summed E-state index contributed by atoms with van der Waals surface area (Å²) in [4.78, 5) is 26.5. The zero-order chi connectivity index (χ0) is 19.4. The van der Waals surface area contributed by atoms with Gasteiger partial charge in [-0.1, -0.05) is 38.1 Å². The molecule has 2 amide bonds. The molecular weight excluding hydrogens is 340 g/mol. The van der Waals surface area contributed by atoms with Gasteiger partial charge in [0.1, 0.15) is 0 Å². The molecule has 2 aliphatic carbocycles. The lowest BCUT2D eigenvalue weighted by Gasteiger charge is -2.45. The van der Waals surface area contributed by atoms with Crippen molar-refractivity contribution in [3.8, 4) is 0 Å². The number of methoxy groups -OCH3 is 1. The van der Waals surface area contributed by atoms with Crippen molar-refractivity contribution in [2.45, 2.75) is 56.9 Å². The minimum atomic E-state index is -0.421. The highest BCUT2D eigenvalue weighted by molar-refractivity contribution is 5.82. The summed E-state index contributed by atoms with van der Waals surface area (Å²) in [7, 11) is 1.37. The summed E-state index contributed by atoms with van der Waals surface area (Å²) < 4.78 is 4.68. The normalized spacial score (nSPS) is 34.0. The number of hydrogen-bond donors (Lipinski definition) is 1. The Balaban J connectivity index is 1.39. The third-order valence-electron chi connectivity index (χ3n) is 6.92. The molecule has 27 heavy (non-hydrogen) atoms. The fraction of sp³-hybridized carbons (Fsp3) is 0.636. The first kappa shape index (κ1) is 18.3. The van der Waals surface area contributed by atoms with Gasteiger partial charge in [0.25, 0.3) is 0 Å². The van der Waals surface area contributed by atoms with Crippen LogP contribution in [0.5, 0.6) is 0 Å². The number of fused-ring (bicyclic) bond motifs is 1. The van der Waals surface area contributed by atoms with Crippen LogP contribution in [0.15, 0.2) is 24.3 Å². The highest BCUT2D eigenvalue weighted by Gasteiger charge is 2.62. The number of nitrogens with zero attached hydrogens (tertiary/aromatic N) is 1. The maximum atomic E-state index is 13.0. The predicted molar refractivity (Wildman–Crippen MR) is 104 cm³/mol. The standard InChI is InChI=1S/C22H30N2O3/c1-14(2)15-6-5-7-17(8-15)22-11-18(22)12-24(13-22)19(25)16-9-21(3,10-16)23-20(26)27-4/h5-8,14,16,18H,9-13H2,1-4H3,(H,23,26)/t16?,18-,21?,22+/m0/s1. The maximum absolute atomic E-state index is 13.0. The number of carbonyl (C=O) groups is 2. The van der Waals surface area contributed by atoms with Crippen LogP contribution in [0.2, 0.25) is 0 Å². The van der Waals surface area contributed by atoms with Crippen molar-refractivity contribution in [2.75, 3.05) is 20.2 Å². The van der Waals surface area contributed by atoms with Crippen LogP contribution in [0.3, 0.4) is 0 Å². The van der Waals surface area contributed by atoms with Crippen molar-refractivity contribution >= 4 is 12.0 Å². The second-order valence-corrected chi connectivity index (χ2v) is 9.34. The first-order valence-electron chi connectivity index (χ1n) is 10.0. The number of likely N-dealkylation sites (tertiary alicyclic amines) is 1. The zero-order valence-electron chi connectivity index (χ0n) is 16.7. The van der Waals surface area contributed by atoms with Crippen molar-refractivity contribution in [1.82, 2.24) is 10.2 Å². The van der Waals surface area contributed by atoms with E-state index in [2.05, 4.69) is 53.1 Å². The van der Waals surface area contributed by atoms with Gasteiger partial charge >= 0.3 is 6.09 Å². The van der Waals surface area contributed by atoms with E-state index in [0.717, 1.165) is 13.1 Å². The highest BCUT2D eigenvalue weighted by Crippen LogP contribution is 2.59. The van der Waals surface area contributed by atoms with E-state index in [1.54, 1.807) is 0 Å². The monoisotopic (exact) mass is 370 g/mol. The Hall–Kier alpha value is -2.04. The number of ether oxygens (including phenoxy) is 1. The van der Waals surface area contributed by atoms with Crippen LogP contribution < -0.4 is 5.32 Å². The van der Waals surface area contributed by atoms with Gasteiger partial charge in [0.2, 0.25) is 5.91 Å². The summed E-state index contributed by atoms with van der Waals surface area (Å²) in [6.07, 6.45) is 2.16. The summed E-state index contributed by atoms with van der Waals surface area (Å²) in [6, 6.07) is 8.94. The van der Waals surface area contributed by atoms with Crippen molar-refractivity contribution in [2.24, 2.45) is 11.8 Å². The minimum Gasteiger partial charge on any atom is -0.453 e. The number of benzene rings is 1. The Bertz CT molecular complexity index is 769. The molecule has 1 aromatic rings. The topological polar surface area (TPSA) is 58.6 Å². The van der Waals surface area contributed by atoms with Crippen molar-refractivity contribution in [1.29, 1.82) is 0 Å². The first-order chi connectivity index (χ1) is 12.8. The molecule has 0 spiro atoms. The van der Waals surface area contributed by atoms with E-state index in [1.165, 1.54) is 24.7 Å². The number of amides is 2. The zero-order valence-corrected chi connectivity index (χ0v) is 16.7. The van der Waals surface area contributed by atoms with Crippen LogP contribution in [-0.2, 0) is 14.9 Å². The minimum absolute atomic E-state index is 0.0173. The molecule has 5 nitrogen and oxygen atoms in total. The molecule has 3 fully saturated rings. The molecule has 1 heterocycles. The van der Waals surface area contributed by atoms with Crippen LogP contribution >= 0.6 is 0 Å². The molecule has 3 aliphatic rings. The summed E-state index contributed by atoms with van der Waals surface area (Å²) >= 11 is 0. The number of piperidine rings is 1. The lowest BCUT2D eigenvalue weighted by molar-refractivity contribution is -0.140. The van der Waals surface area contributed by atoms with Gasteiger partial charge in [-0.3, -0.25) is 4.79 Å². The third-order valence-corrected chi connectivity index (χ3v) is 6.92. The number of alkyl carbamates (subject to hydrolysis) is 1. The van der Waals surface area contributed by atoms with Crippen LogP contribution in [-0.4, -0.2) is 42.6 Å². The number of carbonyl (C=O) groups excluding carboxylic acids is 2. The number of nitrogens with one attached hydrogen (secondary N) is 1. The second kappa shape index (κ2) is 6.25. The molecule has 1 aromatic carbocycles. The summed E-state index contributed by atoms with van der Waals surface area (Å²) in [6.45, 7) is 8.15. The summed E-state index contributed by atoms with van der Waals surface area (Å²) in [5.74, 6) is 1.39. The van der Waals surface area contributed by atoms with Crippen LogP contribution in [0.1, 0.15) is 57.1 Å². The van der Waals surface area contributed by atoms with Crippen molar-refractivity contribution < 1.29 is 14.3 Å². The fourth-order valence-corrected chi connectivity index (χ4v) is 5.17. The molecule has 0 bridgehead atoms. The molecule has 5 heteroatoms. The molecule has 1 aliphatic heterocycles. The molecule has 0 unspecified atom stereocenters. The maximum Gasteiger partial charge on any atom is 0.407 e. The smallest absolute Gasteiger partial charge is 0.407 e. The molecule has 146 valence electrons. The SMILES string of the molecule is COC(=O)NC1(C)CC(C(=O)N2C[C@@H]3C[C@]3(c3cccc(C(C)C)c3)C2)C1. The van der Waals surface area contributed by atoms with Crippen LogP contribution in [0.4, 0.5) is 4.79 Å². The Kier molecular flexibility index (Phi) is 4.24. The predicted octanol–water partition coefficient (Wildman–Crippen LogP) is 3.43.